The Morgan fingerprint density at radius 2 is 0.931 bits per heavy atom. The van der Waals surface area contributed by atoms with Crippen molar-refractivity contribution < 1.29 is 14.6 Å². The molecule has 1 aromatic carbocycles. The maximum Gasteiger partial charge on any atom is 0.123 e. The van der Waals surface area contributed by atoms with E-state index in [9.17, 15) is 5.11 Å². The fourth-order valence-corrected chi connectivity index (χ4v) is 3.56. The molecule has 1 aromatic rings. The summed E-state index contributed by atoms with van der Waals surface area (Å²) in [6, 6.07) is 5.80. The zero-order valence-corrected chi connectivity index (χ0v) is 19.2. The molecule has 0 amide bonds. The van der Waals surface area contributed by atoms with E-state index in [0.717, 1.165) is 43.1 Å². The number of hydrogen-bond acceptors (Lipinski definition) is 3. The molecule has 0 fully saturated rings. The van der Waals surface area contributed by atoms with E-state index in [-0.39, 0.29) is 6.61 Å². The summed E-state index contributed by atoms with van der Waals surface area (Å²) in [5.41, 5.74) is 0.854. The summed E-state index contributed by atoms with van der Waals surface area (Å²) in [5, 5.41) is 9.51. The number of aliphatic hydroxyl groups is 1. The lowest BCUT2D eigenvalue weighted by Gasteiger charge is -2.12. The van der Waals surface area contributed by atoms with Crippen LogP contribution in [0.15, 0.2) is 18.2 Å². The molecule has 29 heavy (non-hydrogen) atoms. The van der Waals surface area contributed by atoms with Crippen LogP contribution in [0.25, 0.3) is 0 Å². The minimum atomic E-state index is 0.0165. The molecule has 1 rings (SSSR count). The Balaban J connectivity index is 2.18. The molecule has 0 aliphatic rings. The zero-order valence-electron chi connectivity index (χ0n) is 19.2. The standard InChI is InChI=1S/C26H46O3/c1-3-5-7-9-11-12-13-15-17-19-29-26-21-24(23-27)20-25(22-26)28-18-16-14-10-8-6-4-2/h20-22,27H,3-19,23H2,1-2H3. The van der Waals surface area contributed by atoms with Gasteiger partial charge < -0.3 is 14.6 Å². The molecule has 3 nitrogen and oxygen atoms in total. The number of benzene rings is 1. The topological polar surface area (TPSA) is 38.7 Å². The first-order valence-corrected chi connectivity index (χ1v) is 12.3. The van der Waals surface area contributed by atoms with E-state index in [1.807, 2.05) is 18.2 Å². The Bertz CT molecular complexity index is 487. The van der Waals surface area contributed by atoms with Crippen molar-refractivity contribution >= 4 is 0 Å². The molecule has 0 aliphatic heterocycles. The van der Waals surface area contributed by atoms with Crippen molar-refractivity contribution in [2.75, 3.05) is 13.2 Å². The van der Waals surface area contributed by atoms with E-state index in [1.54, 1.807) is 0 Å². The number of rotatable bonds is 20. The van der Waals surface area contributed by atoms with Crippen molar-refractivity contribution in [2.24, 2.45) is 0 Å². The molecule has 168 valence electrons. The molecule has 0 aliphatic carbocycles. The van der Waals surface area contributed by atoms with Crippen LogP contribution in [0.4, 0.5) is 0 Å². The molecule has 0 unspecified atom stereocenters. The average molecular weight is 407 g/mol. The second kappa shape index (κ2) is 18.8. The van der Waals surface area contributed by atoms with E-state index in [1.165, 1.54) is 83.5 Å². The predicted molar refractivity (Wildman–Crippen MR) is 124 cm³/mol. The molecule has 0 aromatic heterocycles. The molecule has 0 heterocycles. The highest BCUT2D eigenvalue weighted by Crippen LogP contribution is 2.24. The number of unbranched alkanes of at least 4 members (excludes halogenated alkanes) is 13. The smallest absolute Gasteiger partial charge is 0.123 e. The van der Waals surface area contributed by atoms with E-state index in [4.69, 9.17) is 9.47 Å². The first kappa shape index (κ1) is 25.8. The lowest BCUT2D eigenvalue weighted by atomic mass is 10.1. The van der Waals surface area contributed by atoms with Crippen LogP contribution in [-0.2, 0) is 6.61 Å². The minimum absolute atomic E-state index is 0.0165. The van der Waals surface area contributed by atoms with Gasteiger partial charge in [0.1, 0.15) is 11.5 Å². The molecule has 0 saturated carbocycles. The van der Waals surface area contributed by atoms with Gasteiger partial charge in [-0.25, -0.2) is 0 Å². The molecular weight excluding hydrogens is 360 g/mol. The van der Waals surface area contributed by atoms with Crippen LogP contribution in [0, 0.1) is 0 Å². The third-order valence-electron chi connectivity index (χ3n) is 5.41. The van der Waals surface area contributed by atoms with Gasteiger partial charge in [0.2, 0.25) is 0 Å². The van der Waals surface area contributed by atoms with Gasteiger partial charge in [0.25, 0.3) is 0 Å². The molecule has 0 spiro atoms. The Hall–Kier alpha value is -1.22. The maximum atomic E-state index is 9.51. The molecule has 1 N–H and O–H groups in total. The van der Waals surface area contributed by atoms with Gasteiger partial charge in [0.05, 0.1) is 19.8 Å². The molecule has 0 radical (unpaired) electrons. The summed E-state index contributed by atoms with van der Waals surface area (Å²) < 4.78 is 11.8. The predicted octanol–water partition coefficient (Wildman–Crippen LogP) is 7.83. The Labute approximate surface area is 180 Å². The highest BCUT2D eigenvalue weighted by atomic mass is 16.5. The fraction of sp³-hybridized carbons (Fsp3) is 0.769. The summed E-state index contributed by atoms with van der Waals surface area (Å²) in [5.74, 6) is 1.63. The van der Waals surface area contributed by atoms with Crippen molar-refractivity contribution in [1.29, 1.82) is 0 Å². The van der Waals surface area contributed by atoms with E-state index < -0.39 is 0 Å². The van der Waals surface area contributed by atoms with Gasteiger partial charge in [-0.1, -0.05) is 97.3 Å². The van der Waals surface area contributed by atoms with Crippen molar-refractivity contribution in [2.45, 2.75) is 117 Å². The van der Waals surface area contributed by atoms with Crippen molar-refractivity contribution in [3.05, 3.63) is 23.8 Å². The first-order chi connectivity index (χ1) is 14.3. The molecule has 0 saturated heterocycles. The third kappa shape index (κ3) is 14.4. The van der Waals surface area contributed by atoms with Crippen LogP contribution in [0.5, 0.6) is 11.5 Å². The van der Waals surface area contributed by atoms with Crippen molar-refractivity contribution in [1.82, 2.24) is 0 Å². The molecule has 0 atom stereocenters. The lowest BCUT2D eigenvalue weighted by Crippen LogP contribution is -2.01. The molecular formula is C26H46O3. The second-order valence-electron chi connectivity index (χ2n) is 8.26. The highest BCUT2D eigenvalue weighted by molar-refractivity contribution is 5.38. The first-order valence-electron chi connectivity index (χ1n) is 12.3. The maximum absolute atomic E-state index is 9.51. The summed E-state index contributed by atoms with van der Waals surface area (Å²) in [7, 11) is 0. The summed E-state index contributed by atoms with van der Waals surface area (Å²) in [6.07, 6.45) is 19.4. The van der Waals surface area contributed by atoms with Crippen LogP contribution in [0.3, 0.4) is 0 Å². The van der Waals surface area contributed by atoms with Gasteiger partial charge >= 0.3 is 0 Å². The largest absolute Gasteiger partial charge is 0.493 e. The Kier molecular flexibility index (Phi) is 16.7. The average Bonchev–Trinajstić information content (AvgIpc) is 2.74. The van der Waals surface area contributed by atoms with Crippen LogP contribution < -0.4 is 9.47 Å². The Morgan fingerprint density at radius 3 is 1.31 bits per heavy atom. The zero-order chi connectivity index (χ0) is 21.0. The number of aliphatic hydroxyl groups excluding tert-OH is 1. The Morgan fingerprint density at radius 1 is 0.552 bits per heavy atom. The molecule has 3 heteroatoms. The van der Waals surface area contributed by atoms with Crippen LogP contribution >= 0.6 is 0 Å². The SMILES string of the molecule is CCCCCCCCCCCOc1cc(CO)cc(OCCCCCCCC)c1. The quantitative estimate of drug-likeness (QED) is 0.224. The number of ether oxygens (including phenoxy) is 2. The van der Waals surface area contributed by atoms with Gasteiger partial charge in [-0.2, -0.15) is 0 Å². The van der Waals surface area contributed by atoms with Crippen LogP contribution in [0.1, 0.15) is 116 Å². The van der Waals surface area contributed by atoms with Crippen molar-refractivity contribution in [3.63, 3.8) is 0 Å². The van der Waals surface area contributed by atoms with Crippen LogP contribution in [-0.4, -0.2) is 18.3 Å². The lowest BCUT2D eigenvalue weighted by molar-refractivity contribution is 0.271. The van der Waals surface area contributed by atoms with Gasteiger partial charge in [0, 0.05) is 6.07 Å². The van der Waals surface area contributed by atoms with E-state index >= 15 is 0 Å². The summed E-state index contributed by atoms with van der Waals surface area (Å²) in [4.78, 5) is 0. The second-order valence-corrected chi connectivity index (χ2v) is 8.26. The van der Waals surface area contributed by atoms with Gasteiger partial charge in [-0.3, -0.25) is 0 Å². The highest BCUT2D eigenvalue weighted by Gasteiger charge is 2.04. The summed E-state index contributed by atoms with van der Waals surface area (Å²) in [6.45, 7) is 6.00. The molecule has 0 bridgehead atoms. The normalized spacial score (nSPS) is 11.0. The van der Waals surface area contributed by atoms with Gasteiger partial charge in [0.15, 0.2) is 0 Å². The van der Waals surface area contributed by atoms with Gasteiger partial charge in [-0.15, -0.1) is 0 Å². The van der Waals surface area contributed by atoms with E-state index in [2.05, 4.69) is 13.8 Å². The fourth-order valence-electron chi connectivity index (χ4n) is 3.56. The van der Waals surface area contributed by atoms with Crippen molar-refractivity contribution in [3.8, 4) is 11.5 Å². The van der Waals surface area contributed by atoms with E-state index in [0.29, 0.717) is 0 Å². The van der Waals surface area contributed by atoms with Gasteiger partial charge in [-0.05, 0) is 30.5 Å². The minimum Gasteiger partial charge on any atom is -0.493 e. The number of hydrogen-bond donors (Lipinski definition) is 1. The monoisotopic (exact) mass is 406 g/mol. The third-order valence-corrected chi connectivity index (χ3v) is 5.41. The van der Waals surface area contributed by atoms with Crippen LogP contribution in [0.2, 0.25) is 0 Å². The summed E-state index contributed by atoms with van der Waals surface area (Å²) >= 11 is 0.